The zero-order chi connectivity index (χ0) is 10.1. The van der Waals surface area contributed by atoms with Gasteiger partial charge in [-0.2, -0.15) is 0 Å². The molecule has 0 spiro atoms. The number of nitrogens with two attached hydrogens (primary N) is 1. The number of likely N-dealkylation sites (N-methyl/N-ethyl adjacent to an activating group) is 1. The van der Waals surface area contributed by atoms with Crippen molar-refractivity contribution in [3.05, 3.63) is 30.1 Å². The van der Waals surface area contributed by atoms with Crippen molar-refractivity contribution in [3.8, 4) is 0 Å². The first-order chi connectivity index (χ1) is 6.70. The number of nitrogens with zero attached hydrogens (tertiary/aromatic N) is 2. The SMILES string of the molecule is CN1C(=O)C[C@H](N)[C@@H]1c1cccnc1. The summed E-state index contributed by atoms with van der Waals surface area (Å²) >= 11 is 0. The molecule has 1 aromatic rings. The third-order valence-electron chi connectivity index (χ3n) is 2.65. The molecule has 4 nitrogen and oxygen atoms in total. The summed E-state index contributed by atoms with van der Waals surface area (Å²) in [6.45, 7) is 0. The van der Waals surface area contributed by atoms with Crippen LogP contribution in [0.15, 0.2) is 24.5 Å². The molecule has 1 aromatic heterocycles. The second-order valence-corrected chi connectivity index (χ2v) is 3.60. The quantitative estimate of drug-likeness (QED) is 0.695. The van der Waals surface area contributed by atoms with Crippen molar-refractivity contribution in [2.24, 2.45) is 5.73 Å². The second-order valence-electron chi connectivity index (χ2n) is 3.60. The van der Waals surface area contributed by atoms with Gasteiger partial charge in [0, 0.05) is 31.9 Å². The fourth-order valence-electron chi connectivity index (χ4n) is 1.92. The summed E-state index contributed by atoms with van der Waals surface area (Å²) in [6, 6.07) is 3.68. The fraction of sp³-hybridized carbons (Fsp3) is 0.400. The van der Waals surface area contributed by atoms with Gasteiger partial charge in [0.15, 0.2) is 0 Å². The lowest BCUT2D eigenvalue weighted by molar-refractivity contribution is -0.127. The maximum absolute atomic E-state index is 11.4. The van der Waals surface area contributed by atoms with E-state index in [0.29, 0.717) is 6.42 Å². The number of carbonyl (C=O) groups is 1. The topological polar surface area (TPSA) is 59.2 Å². The van der Waals surface area contributed by atoms with Gasteiger partial charge in [-0.1, -0.05) is 6.07 Å². The molecule has 2 atom stereocenters. The summed E-state index contributed by atoms with van der Waals surface area (Å²) in [5.41, 5.74) is 6.91. The minimum absolute atomic E-state index is 0.0174. The smallest absolute Gasteiger partial charge is 0.224 e. The van der Waals surface area contributed by atoms with Gasteiger partial charge in [-0.25, -0.2) is 0 Å². The maximum Gasteiger partial charge on any atom is 0.224 e. The largest absolute Gasteiger partial charge is 0.337 e. The zero-order valence-corrected chi connectivity index (χ0v) is 8.05. The minimum atomic E-state index is -0.114. The number of likely N-dealkylation sites (tertiary alicyclic amines) is 1. The van der Waals surface area contributed by atoms with Crippen LogP contribution in [-0.2, 0) is 4.79 Å². The highest BCUT2D eigenvalue weighted by Crippen LogP contribution is 2.29. The van der Waals surface area contributed by atoms with Crippen LogP contribution in [0.1, 0.15) is 18.0 Å². The van der Waals surface area contributed by atoms with E-state index in [9.17, 15) is 4.79 Å². The summed E-state index contributed by atoms with van der Waals surface area (Å²) < 4.78 is 0. The van der Waals surface area contributed by atoms with E-state index in [2.05, 4.69) is 4.98 Å². The maximum atomic E-state index is 11.4. The number of hydrogen-bond donors (Lipinski definition) is 1. The monoisotopic (exact) mass is 191 g/mol. The molecule has 0 radical (unpaired) electrons. The van der Waals surface area contributed by atoms with Crippen LogP contribution in [0, 0.1) is 0 Å². The Morgan fingerprint density at radius 2 is 2.43 bits per heavy atom. The van der Waals surface area contributed by atoms with Crippen molar-refractivity contribution >= 4 is 5.91 Å². The van der Waals surface area contributed by atoms with Gasteiger partial charge in [-0.05, 0) is 11.6 Å². The average molecular weight is 191 g/mol. The molecule has 14 heavy (non-hydrogen) atoms. The Kier molecular flexibility index (Phi) is 2.21. The molecule has 2 N–H and O–H groups in total. The minimum Gasteiger partial charge on any atom is -0.337 e. The zero-order valence-electron chi connectivity index (χ0n) is 8.05. The fourth-order valence-corrected chi connectivity index (χ4v) is 1.92. The van der Waals surface area contributed by atoms with Crippen molar-refractivity contribution in [2.75, 3.05) is 7.05 Å². The number of hydrogen-bond acceptors (Lipinski definition) is 3. The van der Waals surface area contributed by atoms with E-state index in [0.717, 1.165) is 5.56 Å². The van der Waals surface area contributed by atoms with Crippen molar-refractivity contribution in [2.45, 2.75) is 18.5 Å². The van der Waals surface area contributed by atoms with E-state index in [4.69, 9.17) is 5.73 Å². The molecule has 2 rings (SSSR count). The van der Waals surface area contributed by atoms with E-state index in [1.807, 2.05) is 12.1 Å². The Hall–Kier alpha value is -1.42. The van der Waals surface area contributed by atoms with Gasteiger partial charge in [-0.15, -0.1) is 0 Å². The highest BCUT2D eigenvalue weighted by atomic mass is 16.2. The van der Waals surface area contributed by atoms with E-state index in [1.54, 1.807) is 24.3 Å². The predicted octanol–water partition coefficient (Wildman–Crippen LogP) is 0.312. The number of rotatable bonds is 1. The molecular weight excluding hydrogens is 178 g/mol. The van der Waals surface area contributed by atoms with Crippen LogP contribution in [0.4, 0.5) is 0 Å². The summed E-state index contributed by atoms with van der Waals surface area (Å²) in [4.78, 5) is 17.1. The molecular formula is C10H13N3O. The molecule has 2 heterocycles. The molecule has 1 fully saturated rings. The van der Waals surface area contributed by atoms with Crippen LogP contribution in [0.25, 0.3) is 0 Å². The van der Waals surface area contributed by atoms with Crippen LogP contribution >= 0.6 is 0 Å². The van der Waals surface area contributed by atoms with Crippen molar-refractivity contribution in [1.29, 1.82) is 0 Å². The van der Waals surface area contributed by atoms with Gasteiger partial charge in [0.25, 0.3) is 0 Å². The van der Waals surface area contributed by atoms with E-state index in [1.165, 1.54) is 0 Å². The van der Waals surface area contributed by atoms with Gasteiger partial charge in [0.2, 0.25) is 5.91 Å². The van der Waals surface area contributed by atoms with E-state index in [-0.39, 0.29) is 18.0 Å². The average Bonchev–Trinajstić information content (AvgIpc) is 2.43. The van der Waals surface area contributed by atoms with Gasteiger partial charge in [0.05, 0.1) is 6.04 Å². The second kappa shape index (κ2) is 3.38. The molecule has 1 aliphatic heterocycles. The van der Waals surface area contributed by atoms with Gasteiger partial charge < -0.3 is 10.6 Å². The van der Waals surface area contributed by atoms with Crippen LogP contribution in [-0.4, -0.2) is 28.9 Å². The predicted molar refractivity (Wildman–Crippen MR) is 52.3 cm³/mol. The van der Waals surface area contributed by atoms with E-state index >= 15 is 0 Å². The van der Waals surface area contributed by atoms with Crippen LogP contribution < -0.4 is 5.73 Å². The first-order valence-corrected chi connectivity index (χ1v) is 4.61. The highest BCUT2D eigenvalue weighted by Gasteiger charge is 2.35. The molecule has 74 valence electrons. The lowest BCUT2D eigenvalue weighted by Gasteiger charge is -2.22. The first-order valence-electron chi connectivity index (χ1n) is 4.61. The first kappa shape index (κ1) is 9.15. The van der Waals surface area contributed by atoms with E-state index < -0.39 is 0 Å². The summed E-state index contributed by atoms with van der Waals surface area (Å²) in [7, 11) is 1.78. The van der Waals surface area contributed by atoms with Crippen LogP contribution in [0.2, 0.25) is 0 Å². The van der Waals surface area contributed by atoms with Crippen molar-refractivity contribution < 1.29 is 4.79 Å². The van der Waals surface area contributed by atoms with Gasteiger partial charge >= 0.3 is 0 Å². The molecule has 0 bridgehead atoms. The molecule has 0 aliphatic carbocycles. The molecule has 1 amide bonds. The summed E-state index contributed by atoms with van der Waals surface area (Å²) in [6.07, 6.45) is 3.90. The Morgan fingerprint density at radius 1 is 1.64 bits per heavy atom. The highest BCUT2D eigenvalue weighted by molar-refractivity contribution is 5.80. The number of carbonyl (C=O) groups excluding carboxylic acids is 1. The standard InChI is InChI=1S/C10H13N3O/c1-13-9(14)5-8(11)10(13)7-3-2-4-12-6-7/h2-4,6,8,10H,5,11H2,1H3/t8-,10-/m0/s1. The van der Waals surface area contributed by atoms with Crippen molar-refractivity contribution in [3.63, 3.8) is 0 Å². The Labute approximate surface area is 82.7 Å². The number of amides is 1. The van der Waals surface area contributed by atoms with Crippen LogP contribution in [0.5, 0.6) is 0 Å². The Balaban J connectivity index is 2.31. The van der Waals surface area contributed by atoms with Gasteiger partial charge in [-0.3, -0.25) is 9.78 Å². The molecule has 1 saturated heterocycles. The molecule has 0 unspecified atom stereocenters. The van der Waals surface area contributed by atoms with Crippen LogP contribution in [0.3, 0.4) is 0 Å². The Bertz CT molecular complexity index is 338. The summed E-state index contributed by atoms with van der Waals surface area (Å²) in [5.74, 6) is 0.103. The molecule has 0 aromatic carbocycles. The third kappa shape index (κ3) is 1.37. The lowest BCUT2D eigenvalue weighted by atomic mass is 10.0. The molecule has 0 saturated carbocycles. The normalized spacial score (nSPS) is 27.0. The molecule has 4 heteroatoms. The summed E-state index contributed by atoms with van der Waals surface area (Å²) in [5, 5.41) is 0. The van der Waals surface area contributed by atoms with Crippen molar-refractivity contribution in [1.82, 2.24) is 9.88 Å². The number of pyridine rings is 1. The Morgan fingerprint density at radius 3 is 2.93 bits per heavy atom. The molecule has 1 aliphatic rings. The lowest BCUT2D eigenvalue weighted by Crippen LogP contribution is -2.30. The van der Waals surface area contributed by atoms with Gasteiger partial charge in [0.1, 0.15) is 0 Å². The third-order valence-corrected chi connectivity index (χ3v) is 2.65. The number of aromatic nitrogens is 1.